The van der Waals surface area contributed by atoms with Crippen LogP contribution in [-0.4, -0.2) is 179 Å². The van der Waals surface area contributed by atoms with Gasteiger partial charge in [0.1, 0.15) is 62.3 Å². The molecule has 15 atom stereocenters. The predicted octanol–water partition coefficient (Wildman–Crippen LogP) is 11.0. The average Bonchev–Trinajstić information content (AvgIpc) is 0.755. The molecule has 110 heavy (non-hydrogen) atoms. The van der Waals surface area contributed by atoms with E-state index in [1.165, 1.54) is 128 Å². The molecule has 9 aromatic carbocycles. The van der Waals surface area contributed by atoms with Crippen LogP contribution in [0, 0.1) is 0 Å². The molecule has 12 rings (SSSR count). The summed E-state index contributed by atoms with van der Waals surface area (Å²) in [6, 6.07) is 70.3. The first-order chi connectivity index (χ1) is 53.7. The van der Waals surface area contributed by atoms with Crippen LogP contribution in [0.15, 0.2) is 273 Å². The van der Waals surface area contributed by atoms with Crippen molar-refractivity contribution in [2.24, 2.45) is 0 Å². The monoisotopic (exact) mass is 1520 g/mol. The van der Waals surface area contributed by atoms with Crippen molar-refractivity contribution in [2.75, 3.05) is 32.8 Å². The molecule has 25 nitrogen and oxygen atoms in total. The van der Waals surface area contributed by atoms with Crippen LogP contribution in [-0.2, 0) is 87.2 Å². The minimum Gasteiger partial charge on any atom is -0.462 e. The first kappa shape index (κ1) is 77.8. The van der Waals surface area contributed by atoms with Gasteiger partial charge in [0.2, 0.25) is 0 Å². The summed E-state index contributed by atoms with van der Waals surface area (Å²) in [5.41, 5.74) is 0.548. The number of carbonyl (C=O) groups excluding carboxylic acids is 9. The van der Waals surface area contributed by atoms with Crippen molar-refractivity contribution in [2.45, 2.75) is 98.7 Å². The lowest BCUT2D eigenvalue weighted by molar-refractivity contribution is -0.378. The van der Waals surface area contributed by atoms with E-state index in [-0.39, 0.29) is 51.1 Å². The summed E-state index contributed by atoms with van der Waals surface area (Å²) in [4.78, 5) is 132. The summed E-state index contributed by atoms with van der Waals surface area (Å²) in [5.74, 6) is -9.76. The average molecular weight is 1520 g/mol. The molecule has 0 bridgehead atoms. The topological polar surface area (TPSA) is 301 Å². The Bertz CT molecular complexity index is 4520. The van der Waals surface area contributed by atoms with Crippen molar-refractivity contribution < 1.29 is 119 Å². The highest BCUT2D eigenvalue weighted by molar-refractivity contribution is 6.26. The van der Waals surface area contributed by atoms with Gasteiger partial charge in [0.05, 0.1) is 51.1 Å². The van der Waals surface area contributed by atoms with Gasteiger partial charge in [-0.1, -0.05) is 176 Å². The molecule has 3 saturated heterocycles. The second-order valence-electron chi connectivity index (χ2n) is 25.0. The number of methoxy groups -OCH3 is 1. The minimum absolute atomic E-state index is 0.0171. The maximum atomic E-state index is 15.4. The number of benzene rings is 9. The maximum absolute atomic E-state index is 15.4. The SMILES string of the molecule is CO[C@H]1O[C@H](COC(=O)c2ccccc2)[C@@H](O[C@@H]2O[C@H](COC(=O)CCl)[C@H](OC(=O)c3ccccc3)[C@H](O[C@@H]3O[C@H](COC(=O)c4ccccc4)[C@H](OC(=O)c4ccccc4)[C@H](OCc4ccccc4)[C@H]3OC(=O)c3ccccc3)[C@H]2OC(=O)c2ccccc2)[C@H](OC(=O)c2ccccc2)[C@@H]1OC(=O)c1ccccc1. The molecule has 3 aliphatic rings. The van der Waals surface area contributed by atoms with E-state index in [2.05, 4.69) is 0 Å². The largest absolute Gasteiger partial charge is 0.462 e. The third kappa shape index (κ3) is 20.1. The Kier molecular flexibility index (Phi) is 27.1. The lowest BCUT2D eigenvalue weighted by Crippen LogP contribution is -2.69. The lowest BCUT2D eigenvalue weighted by Gasteiger charge is -2.50. The van der Waals surface area contributed by atoms with Gasteiger partial charge in [-0.05, 0) is 103 Å². The molecule has 26 heteroatoms. The molecule has 0 aliphatic carbocycles. The van der Waals surface area contributed by atoms with Crippen LogP contribution in [0.3, 0.4) is 0 Å². The van der Waals surface area contributed by atoms with Gasteiger partial charge in [-0.25, -0.2) is 38.4 Å². The highest BCUT2D eigenvalue weighted by Gasteiger charge is 2.61. The molecule has 9 aromatic rings. The zero-order valence-electron chi connectivity index (χ0n) is 58.8. The number of hydrogen-bond acceptors (Lipinski definition) is 25. The fourth-order valence-corrected chi connectivity index (χ4v) is 12.3. The van der Waals surface area contributed by atoms with Crippen molar-refractivity contribution in [3.63, 3.8) is 0 Å². The van der Waals surface area contributed by atoms with Gasteiger partial charge in [-0.2, -0.15) is 0 Å². The van der Waals surface area contributed by atoms with E-state index in [4.69, 9.17) is 87.4 Å². The molecule has 3 aliphatic heterocycles. The smallest absolute Gasteiger partial charge is 0.338 e. The Labute approximate surface area is 635 Å². The molecule has 566 valence electrons. The quantitative estimate of drug-likeness (QED) is 0.0239. The number of alkyl halides is 1. The fraction of sp³-hybridized carbons (Fsp3) is 0.250. The zero-order chi connectivity index (χ0) is 76.7. The van der Waals surface area contributed by atoms with Gasteiger partial charge in [-0.15, -0.1) is 11.6 Å². The third-order valence-corrected chi connectivity index (χ3v) is 17.9. The molecule has 0 spiro atoms. The highest BCUT2D eigenvalue weighted by Crippen LogP contribution is 2.40. The van der Waals surface area contributed by atoms with Gasteiger partial charge in [-0.3, -0.25) is 4.79 Å². The van der Waals surface area contributed by atoms with Crippen LogP contribution in [0.4, 0.5) is 0 Å². The number of rotatable bonds is 29. The molecule has 0 aromatic heterocycles. The molecular weight excluding hydrogens is 1440 g/mol. The van der Waals surface area contributed by atoms with Crippen molar-refractivity contribution in [3.05, 3.63) is 323 Å². The van der Waals surface area contributed by atoms with Gasteiger partial charge in [0.25, 0.3) is 0 Å². The van der Waals surface area contributed by atoms with E-state index in [0.29, 0.717) is 5.56 Å². The van der Waals surface area contributed by atoms with Crippen molar-refractivity contribution in [1.29, 1.82) is 0 Å². The summed E-state index contributed by atoms with van der Waals surface area (Å²) in [6.45, 7) is -2.79. The number of halogens is 1. The molecule has 0 N–H and O–H groups in total. The Morgan fingerprint density at radius 1 is 0.282 bits per heavy atom. The maximum Gasteiger partial charge on any atom is 0.338 e. The summed E-state index contributed by atoms with van der Waals surface area (Å²) < 4.78 is 105. The van der Waals surface area contributed by atoms with Crippen LogP contribution < -0.4 is 0 Å². The van der Waals surface area contributed by atoms with Gasteiger partial charge < -0.3 is 75.8 Å². The predicted molar refractivity (Wildman–Crippen MR) is 387 cm³/mol. The number of carbonyl (C=O) groups is 9. The van der Waals surface area contributed by atoms with Crippen LogP contribution in [0.25, 0.3) is 0 Å². The van der Waals surface area contributed by atoms with Gasteiger partial charge >= 0.3 is 53.7 Å². The van der Waals surface area contributed by atoms with E-state index < -0.39 is 172 Å². The Morgan fingerprint density at radius 3 is 0.873 bits per heavy atom. The summed E-state index contributed by atoms with van der Waals surface area (Å²) in [6.07, 6.45) is -29.2. The molecule has 3 heterocycles. The normalized spacial score (nSPS) is 23.5. The van der Waals surface area contributed by atoms with Crippen molar-refractivity contribution in [1.82, 2.24) is 0 Å². The third-order valence-electron chi connectivity index (χ3n) is 17.7. The van der Waals surface area contributed by atoms with E-state index in [1.807, 2.05) is 0 Å². The standard InChI is InChI=1S/C84H73ClO25/c1-95-82-72(107-80(93)59-43-25-9-26-44-59)69(105-78(91)57-39-21-7-22-40-57)67(63(100-82)51-99-75(88)54-33-15-4-16-34-54)109-84-73(108-81(94)60-45-27-10-28-46-60)70(66(61(101-84)49-96-64(86)47-85)104-77(90)56-37-19-6-20-38-56)110-83-71(106-79(92)58-41-23-8-24-42-58)68(97-48-52-29-11-2-12-30-52)65(103-76(89)55-35-17-5-18-36-55)62(102-83)50-98-74(87)53-31-13-3-14-32-53/h2-46,61-63,65-73,82-84H,47-51H2,1H3/t61-,62-,63-,65+,66+,67-,68+,69+,70+,71-,72+,73-,82+,83+,84+/m1/s1. The number of hydrogen-bond donors (Lipinski definition) is 0. The second kappa shape index (κ2) is 38.3. The Balaban J connectivity index is 1.06. The minimum atomic E-state index is -2.27. The lowest BCUT2D eigenvalue weighted by atomic mass is 9.94. The van der Waals surface area contributed by atoms with E-state index in [0.717, 1.165) is 0 Å². The van der Waals surface area contributed by atoms with Crippen molar-refractivity contribution >= 4 is 65.3 Å². The molecule has 0 radical (unpaired) electrons. The number of ether oxygens (including phenoxy) is 16. The summed E-state index contributed by atoms with van der Waals surface area (Å²) in [5, 5.41) is 0. The fourth-order valence-electron chi connectivity index (χ4n) is 12.3. The number of esters is 9. The molecule has 0 unspecified atom stereocenters. The van der Waals surface area contributed by atoms with E-state index >= 15 is 14.4 Å². The molecule has 3 fully saturated rings. The highest BCUT2D eigenvalue weighted by atomic mass is 35.5. The van der Waals surface area contributed by atoms with Crippen LogP contribution >= 0.6 is 11.6 Å². The first-order valence-corrected chi connectivity index (χ1v) is 35.4. The van der Waals surface area contributed by atoms with Crippen LogP contribution in [0.2, 0.25) is 0 Å². The molecule has 0 saturated carbocycles. The van der Waals surface area contributed by atoms with Crippen LogP contribution in [0.1, 0.15) is 88.4 Å². The van der Waals surface area contributed by atoms with E-state index in [9.17, 15) is 28.8 Å². The second-order valence-corrected chi connectivity index (χ2v) is 25.3. The summed E-state index contributed by atoms with van der Waals surface area (Å²) >= 11 is 6.12. The Hall–Kier alpha value is -11.8. The first-order valence-electron chi connectivity index (χ1n) is 34.9. The zero-order valence-corrected chi connectivity index (χ0v) is 59.5. The van der Waals surface area contributed by atoms with Crippen molar-refractivity contribution in [3.8, 4) is 0 Å². The van der Waals surface area contributed by atoms with Gasteiger partial charge in [0, 0.05) is 7.11 Å². The Morgan fingerprint density at radius 2 is 0.536 bits per heavy atom. The summed E-state index contributed by atoms with van der Waals surface area (Å²) in [7, 11) is 1.20. The van der Waals surface area contributed by atoms with Crippen LogP contribution in [0.5, 0.6) is 0 Å². The molecular formula is C84H73ClO25. The molecule has 0 amide bonds. The van der Waals surface area contributed by atoms with E-state index in [1.54, 1.807) is 152 Å². The van der Waals surface area contributed by atoms with Gasteiger partial charge in [0.15, 0.2) is 55.5 Å².